The van der Waals surface area contributed by atoms with Crippen molar-refractivity contribution in [3.05, 3.63) is 29.3 Å². The summed E-state index contributed by atoms with van der Waals surface area (Å²) in [6, 6.07) is 4.40. The molecule has 0 atom stereocenters. The van der Waals surface area contributed by atoms with E-state index in [9.17, 15) is 8.42 Å². The number of hydrogen-bond acceptors (Lipinski definition) is 4. The quantitative estimate of drug-likeness (QED) is 0.823. The lowest BCUT2D eigenvalue weighted by atomic mass is 10.1. The van der Waals surface area contributed by atoms with Crippen LogP contribution in [0.1, 0.15) is 25.0 Å². The zero-order chi connectivity index (χ0) is 12.3. The van der Waals surface area contributed by atoms with Gasteiger partial charge in [-0.15, -0.1) is 0 Å². The van der Waals surface area contributed by atoms with E-state index in [1.807, 2.05) is 0 Å². The van der Waals surface area contributed by atoms with Crippen LogP contribution in [0.25, 0.3) is 0 Å². The largest absolute Gasteiger partial charge is 0.392 e. The Labute approximate surface area is 95.5 Å². The lowest BCUT2D eigenvalue weighted by molar-refractivity contribution is 0.259. The van der Waals surface area contributed by atoms with Crippen molar-refractivity contribution in [3.8, 4) is 0 Å². The van der Waals surface area contributed by atoms with Gasteiger partial charge >= 0.3 is 0 Å². The van der Waals surface area contributed by atoms with Crippen LogP contribution in [0.3, 0.4) is 0 Å². The van der Waals surface area contributed by atoms with Gasteiger partial charge in [0.15, 0.2) is 9.84 Å². The summed E-state index contributed by atoms with van der Waals surface area (Å²) in [7, 11) is -3.33. The molecule has 5 heteroatoms. The van der Waals surface area contributed by atoms with Crippen molar-refractivity contribution in [2.75, 3.05) is 0 Å². The first-order valence-corrected chi connectivity index (χ1v) is 6.55. The number of benzene rings is 1. The van der Waals surface area contributed by atoms with Crippen LogP contribution < -0.4 is 0 Å². The van der Waals surface area contributed by atoms with Crippen molar-refractivity contribution in [1.82, 2.24) is 0 Å². The molecule has 0 aliphatic rings. The topological polar surface area (TPSA) is 74.6 Å². The SMILES string of the molecule is CC(C)S(=O)(=O)c1ccc(CO)c(CO)c1. The third-order valence-corrected chi connectivity index (χ3v) is 4.62. The van der Waals surface area contributed by atoms with Gasteiger partial charge in [0.2, 0.25) is 0 Å². The van der Waals surface area contributed by atoms with E-state index in [1.165, 1.54) is 18.2 Å². The Morgan fingerprint density at radius 3 is 2.12 bits per heavy atom. The van der Waals surface area contributed by atoms with Gasteiger partial charge in [-0.2, -0.15) is 0 Å². The highest BCUT2D eigenvalue weighted by molar-refractivity contribution is 7.92. The van der Waals surface area contributed by atoms with E-state index in [4.69, 9.17) is 10.2 Å². The Balaban J connectivity index is 3.29. The van der Waals surface area contributed by atoms with Gasteiger partial charge in [-0.25, -0.2) is 8.42 Å². The lowest BCUT2D eigenvalue weighted by Gasteiger charge is -2.11. The van der Waals surface area contributed by atoms with E-state index < -0.39 is 15.1 Å². The highest BCUT2D eigenvalue weighted by atomic mass is 32.2. The highest BCUT2D eigenvalue weighted by Gasteiger charge is 2.19. The molecule has 1 aromatic carbocycles. The average Bonchev–Trinajstić information content (AvgIpc) is 2.27. The van der Waals surface area contributed by atoms with Crippen LogP contribution in [0, 0.1) is 0 Å². The predicted molar refractivity (Wildman–Crippen MR) is 60.6 cm³/mol. The molecule has 0 aromatic heterocycles. The van der Waals surface area contributed by atoms with Crippen LogP contribution in [0.15, 0.2) is 23.1 Å². The molecule has 0 aliphatic carbocycles. The molecule has 0 spiro atoms. The van der Waals surface area contributed by atoms with Crippen LogP contribution in [-0.4, -0.2) is 23.9 Å². The summed E-state index contributed by atoms with van der Waals surface area (Å²) in [4.78, 5) is 0.184. The van der Waals surface area contributed by atoms with Gasteiger partial charge in [-0.3, -0.25) is 0 Å². The van der Waals surface area contributed by atoms with Crippen molar-refractivity contribution < 1.29 is 18.6 Å². The fourth-order valence-corrected chi connectivity index (χ4v) is 2.46. The fourth-order valence-electron chi connectivity index (χ4n) is 1.35. The van der Waals surface area contributed by atoms with E-state index in [0.29, 0.717) is 11.1 Å². The van der Waals surface area contributed by atoms with Crippen molar-refractivity contribution >= 4 is 9.84 Å². The first-order chi connectivity index (χ1) is 7.43. The first kappa shape index (κ1) is 13.2. The molecule has 1 aromatic rings. The van der Waals surface area contributed by atoms with E-state index in [2.05, 4.69) is 0 Å². The van der Waals surface area contributed by atoms with Gasteiger partial charge in [0, 0.05) is 0 Å². The molecule has 0 unspecified atom stereocenters. The third-order valence-electron chi connectivity index (χ3n) is 2.47. The van der Waals surface area contributed by atoms with Crippen LogP contribution in [-0.2, 0) is 23.1 Å². The molecule has 0 fully saturated rings. The zero-order valence-electron chi connectivity index (χ0n) is 9.34. The average molecular weight is 244 g/mol. The van der Waals surface area contributed by atoms with Gasteiger partial charge in [0.1, 0.15) is 0 Å². The molecule has 2 N–H and O–H groups in total. The minimum absolute atomic E-state index is 0.184. The van der Waals surface area contributed by atoms with Crippen LogP contribution in [0.4, 0.5) is 0 Å². The van der Waals surface area contributed by atoms with Crippen LogP contribution in [0.2, 0.25) is 0 Å². The Morgan fingerprint density at radius 2 is 1.69 bits per heavy atom. The maximum Gasteiger partial charge on any atom is 0.180 e. The zero-order valence-corrected chi connectivity index (χ0v) is 10.2. The summed E-state index contributed by atoms with van der Waals surface area (Å²) < 4.78 is 23.7. The van der Waals surface area contributed by atoms with Gasteiger partial charge in [0.25, 0.3) is 0 Å². The Kier molecular flexibility index (Phi) is 4.07. The maximum atomic E-state index is 11.9. The van der Waals surface area contributed by atoms with Crippen LogP contribution in [0.5, 0.6) is 0 Å². The first-order valence-electron chi connectivity index (χ1n) is 5.01. The van der Waals surface area contributed by atoms with E-state index >= 15 is 0 Å². The molecule has 4 nitrogen and oxygen atoms in total. The second-order valence-corrected chi connectivity index (χ2v) is 6.34. The summed E-state index contributed by atoms with van der Waals surface area (Å²) >= 11 is 0. The standard InChI is InChI=1S/C11H16O4S/c1-8(2)16(14,15)11-4-3-9(6-12)10(5-11)7-13/h3-5,8,12-13H,6-7H2,1-2H3. The van der Waals surface area contributed by atoms with E-state index in [1.54, 1.807) is 13.8 Å². The van der Waals surface area contributed by atoms with E-state index in [-0.39, 0.29) is 18.1 Å². The second-order valence-electron chi connectivity index (χ2n) is 3.84. The van der Waals surface area contributed by atoms with Crippen molar-refractivity contribution in [3.63, 3.8) is 0 Å². The number of sulfone groups is 1. The van der Waals surface area contributed by atoms with E-state index in [0.717, 1.165) is 0 Å². The summed E-state index contributed by atoms with van der Waals surface area (Å²) in [6.07, 6.45) is 0. The fraction of sp³-hybridized carbons (Fsp3) is 0.455. The molecule has 0 heterocycles. The summed E-state index contributed by atoms with van der Waals surface area (Å²) in [5.74, 6) is 0. The maximum absolute atomic E-state index is 11.9. The highest BCUT2D eigenvalue weighted by Crippen LogP contribution is 2.20. The van der Waals surface area contributed by atoms with Crippen molar-refractivity contribution in [1.29, 1.82) is 0 Å². The van der Waals surface area contributed by atoms with Gasteiger partial charge in [0.05, 0.1) is 23.4 Å². The molecule has 0 bridgehead atoms. The Hall–Kier alpha value is -0.910. The Bertz CT molecular complexity index is 463. The normalized spacial score (nSPS) is 12.1. The Morgan fingerprint density at radius 1 is 1.12 bits per heavy atom. The number of aliphatic hydroxyl groups is 2. The van der Waals surface area contributed by atoms with Gasteiger partial charge < -0.3 is 10.2 Å². The molecule has 1 rings (SSSR count). The van der Waals surface area contributed by atoms with Crippen molar-refractivity contribution in [2.45, 2.75) is 37.2 Å². The molecule has 0 saturated carbocycles. The molecule has 0 saturated heterocycles. The molecule has 0 radical (unpaired) electrons. The molecule has 0 aliphatic heterocycles. The third kappa shape index (κ3) is 2.42. The number of rotatable bonds is 4. The summed E-state index contributed by atoms with van der Waals surface area (Å²) in [5, 5.41) is 17.6. The molecule has 16 heavy (non-hydrogen) atoms. The molecule has 0 amide bonds. The molecule has 90 valence electrons. The van der Waals surface area contributed by atoms with Gasteiger partial charge in [-0.05, 0) is 37.1 Å². The minimum Gasteiger partial charge on any atom is -0.392 e. The molecular weight excluding hydrogens is 228 g/mol. The number of aliphatic hydroxyl groups excluding tert-OH is 2. The predicted octanol–water partition coefficient (Wildman–Crippen LogP) is 0.853. The second kappa shape index (κ2) is 4.95. The minimum atomic E-state index is -3.33. The van der Waals surface area contributed by atoms with Crippen molar-refractivity contribution in [2.24, 2.45) is 0 Å². The molecular formula is C11H16O4S. The summed E-state index contributed by atoms with van der Waals surface area (Å²) in [5.41, 5.74) is 0.995. The number of hydrogen-bond donors (Lipinski definition) is 2. The smallest absolute Gasteiger partial charge is 0.180 e. The van der Waals surface area contributed by atoms with Crippen LogP contribution >= 0.6 is 0 Å². The lowest BCUT2D eigenvalue weighted by Crippen LogP contribution is -2.14. The van der Waals surface area contributed by atoms with Gasteiger partial charge in [-0.1, -0.05) is 6.07 Å². The summed E-state index contributed by atoms with van der Waals surface area (Å²) in [6.45, 7) is 2.72. The monoisotopic (exact) mass is 244 g/mol.